The van der Waals surface area contributed by atoms with Crippen LogP contribution in [0.1, 0.15) is 16.7 Å². The molecule has 0 amide bonds. The number of ether oxygens (including phenoxy) is 4. The van der Waals surface area contributed by atoms with Crippen LogP contribution in [0.2, 0.25) is 5.02 Å². The first kappa shape index (κ1) is 17.5. The van der Waals surface area contributed by atoms with Gasteiger partial charge in [-0.15, -0.1) is 0 Å². The van der Waals surface area contributed by atoms with E-state index >= 15 is 0 Å². The Hall–Kier alpha value is -2.31. The van der Waals surface area contributed by atoms with E-state index in [1.54, 1.807) is 18.2 Å². The Labute approximate surface area is 149 Å². The van der Waals surface area contributed by atoms with Gasteiger partial charge in [0.2, 0.25) is 0 Å². The van der Waals surface area contributed by atoms with Crippen molar-refractivity contribution in [3.8, 4) is 11.5 Å². The molecule has 7 heteroatoms. The van der Waals surface area contributed by atoms with Crippen LogP contribution in [-0.2, 0) is 33.9 Å². The number of carbonyl (C=O) groups excluding carboxylic acids is 1. The third-order valence-corrected chi connectivity index (χ3v) is 3.95. The van der Waals surface area contributed by atoms with Crippen LogP contribution in [0.4, 0.5) is 4.39 Å². The predicted molar refractivity (Wildman–Crippen MR) is 88.2 cm³/mol. The maximum Gasteiger partial charge on any atom is 0.310 e. The number of hydrogen-bond acceptors (Lipinski definition) is 5. The van der Waals surface area contributed by atoms with Gasteiger partial charge in [-0.3, -0.25) is 4.79 Å². The normalized spacial score (nSPS) is 12.9. The lowest BCUT2D eigenvalue weighted by molar-refractivity contribution is -0.144. The lowest BCUT2D eigenvalue weighted by Gasteiger charge is -2.20. The Morgan fingerprint density at radius 1 is 1.28 bits per heavy atom. The Morgan fingerprint density at radius 2 is 2.12 bits per heavy atom. The molecular weight excluding hydrogens is 351 g/mol. The lowest BCUT2D eigenvalue weighted by Crippen LogP contribution is -2.15. The van der Waals surface area contributed by atoms with Gasteiger partial charge >= 0.3 is 5.97 Å². The number of esters is 1. The maximum atomic E-state index is 13.7. The Balaban J connectivity index is 1.69. The second kappa shape index (κ2) is 7.72. The van der Waals surface area contributed by atoms with Crippen molar-refractivity contribution in [2.24, 2.45) is 0 Å². The summed E-state index contributed by atoms with van der Waals surface area (Å²) in [7, 11) is 1.51. The molecule has 0 N–H and O–H groups in total. The highest BCUT2D eigenvalue weighted by atomic mass is 35.5. The molecular formula is C18H16ClFO5. The maximum absolute atomic E-state index is 13.7. The summed E-state index contributed by atoms with van der Waals surface area (Å²) in [6, 6.07) is 7.63. The smallest absolute Gasteiger partial charge is 0.310 e. The molecule has 1 heterocycles. The van der Waals surface area contributed by atoms with Crippen molar-refractivity contribution < 1.29 is 28.1 Å². The monoisotopic (exact) mass is 366 g/mol. The van der Waals surface area contributed by atoms with Gasteiger partial charge in [0.15, 0.2) is 6.79 Å². The predicted octanol–water partition coefficient (Wildman–Crippen LogP) is 3.64. The molecule has 0 fully saturated rings. The van der Waals surface area contributed by atoms with E-state index in [1.165, 1.54) is 19.2 Å². The molecule has 25 heavy (non-hydrogen) atoms. The molecule has 1 aliphatic rings. The molecule has 3 rings (SSSR count). The summed E-state index contributed by atoms with van der Waals surface area (Å²) in [5.74, 6) is 0.131. The van der Waals surface area contributed by atoms with Crippen molar-refractivity contribution in [1.82, 2.24) is 0 Å². The molecule has 5 nitrogen and oxygen atoms in total. The highest BCUT2D eigenvalue weighted by Gasteiger charge is 2.18. The second-order valence-corrected chi connectivity index (χ2v) is 5.89. The topological polar surface area (TPSA) is 54.0 Å². The van der Waals surface area contributed by atoms with Gasteiger partial charge in [0, 0.05) is 21.7 Å². The minimum absolute atomic E-state index is 0.00872. The minimum Gasteiger partial charge on any atom is -0.496 e. The summed E-state index contributed by atoms with van der Waals surface area (Å²) in [4.78, 5) is 12.1. The summed E-state index contributed by atoms with van der Waals surface area (Å²) >= 11 is 5.95. The van der Waals surface area contributed by atoms with Crippen LogP contribution in [0, 0.1) is 5.82 Å². The van der Waals surface area contributed by atoms with Gasteiger partial charge in [-0.25, -0.2) is 4.39 Å². The average molecular weight is 367 g/mol. The lowest BCUT2D eigenvalue weighted by atomic mass is 10.1. The Kier molecular flexibility index (Phi) is 5.40. The molecule has 0 saturated heterocycles. The fourth-order valence-corrected chi connectivity index (χ4v) is 2.81. The van der Waals surface area contributed by atoms with E-state index in [9.17, 15) is 9.18 Å². The minimum atomic E-state index is -0.481. The van der Waals surface area contributed by atoms with E-state index in [4.69, 9.17) is 30.5 Å². The van der Waals surface area contributed by atoms with Crippen LogP contribution in [0.15, 0.2) is 30.3 Å². The number of fused-ring (bicyclic) bond motifs is 1. The molecule has 0 atom stereocenters. The molecule has 2 aromatic rings. The second-order valence-electron chi connectivity index (χ2n) is 5.46. The van der Waals surface area contributed by atoms with E-state index in [-0.39, 0.29) is 26.4 Å². The van der Waals surface area contributed by atoms with Crippen molar-refractivity contribution in [1.29, 1.82) is 0 Å². The van der Waals surface area contributed by atoms with Gasteiger partial charge in [0.25, 0.3) is 0 Å². The molecule has 132 valence electrons. The van der Waals surface area contributed by atoms with E-state index in [2.05, 4.69) is 0 Å². The summed E-state index contributed by atoms with van der Waals surface area (Å²) in [5, 5.41) is 0.496. The van der Waals surface area contributed by atoms with Crippen LogP contribution in [0.5, 0.6) is 11.5 Å². The average Bonchev–Trinajstić information content (AvgIpc) is 2.59. The SMILES string of the molecule is COc1ccc(Cl)cc1CC(=O)OCc1cc(F)cc2c1OCOC2. The number of benzene rings is 2. The van der Waals surface area contributed by atoms with E-state index in [0.717, 1.165) is 0 Å². The van der Waals surface area contributed by atoms with Crippen molar-refractivity contribution in [3.05, 3.63) is 57.9 Å². The number of halogens is 2. The van der Waals surface area contributed by atoms with Gasteiger partial charge in [-0.2, -0.15) is 0 Å². The van der Waals surface area contributed by atoms with Gasteiger partial charge < -0.3 is 18.9 Å². The van der Waals surface area contributed by atoms with E-state index in [0.29, 0.717) is 33.2 Å². The molecule has 0 aromatic heterocycles. The third kappa shape index (κ3) is 4.21. The van der Waals surface area contributed by atoms with Crippen molar-refractivity contribution in [2.45, 2.75) is 19.6 Å². The summed E-state index contributed by atoms with van der Waals surface area (Å²) in [6.45, 7) is 0.245. The fraction of sp³-hybridized carbons (Fsp3) is 0.278. The molecule has 0 saturated carbocycles. The summed E-state index contributed by atoms with van der Waals surface area (Å²) in [5.41, 5.74) is 1.67. The standard InChI is InChI=1S/C18H16ClFO5/c1-22-16-3-2-14(19)4-11(16)7-17(21)24-9-13-6-15(20)5-12-8-23-10-25-18(12)13/h2-6H,7-10H2,1H3. The quantitative estimate of drug-likeness (QED) is 0.756. The van der Waals surface area contributed by atoms with Crippen molar-refractivity contribution in [3.63, 3.8) is 0 Å². The fourth-order valence-electron chi connectivity index (χ4n) is 2.61. The van der Waals surface area contributed by atoms with E-state index < -0.39 is 11.8 Å². The Morgan fingerprint density at radius 3 is 2.92 bits per heavy atom. The molecule has 2 aromatic carbocycles. The zero-order valence-corrected chi connectivity index (χ0v) is 14.3. The number of rotatable bonds is 5. The summed E-state index contributed by atoms with van der Waals surface area (Å²) in [6.07, 6.45) is -0.00872. The highest BCUT2D eigenvalue weighted by molar-refractivity contribution is 6.30. The zero-order valence-electron chi connectivity index (χ0n) is 13.5. The van der Waals surface area contributed by atoms with Crippen molar-refractivity contribution >= 4 is 17.6 Å². The number of carbonyl (C=O) groups is 1. The molecule has 0 bridgehead atoms. The van der Waals surface area contributed by atoms with Crippen LogP contribution in [0.3, 0.4) is 0 Å². The van der Waals surface area contributed by atoms with Gasteiger partial charge in [-0.1, -0.05) is 11.6 Å². The van der Waals surface area contributed by atoms with Crippen molar-refractivity contribution in [2.75, 3.05) is 13.9 Å². The van der Waals surface area contributed by atoms with Gasteiger partial charge in [0.05, 0.1) is 20.1 Å². The summed E-state index contributed by atoms with van der Waals surface area (Å²) < 4.78 is 34.7. The zero-order chi connectivity index (χ0) is 17.8. The van der Waals surface area contributed by atoms with Crippen LogP contribution < -0.4 is 9.47 Å². The van der Waals surface area contributed by atoms with Crippen LogP contribution in [-0.4, -0.2) is 19.9 Å². The molecule has 0 aliphatic carbocycles. The number of methoxy groups -OCH3 is 1. The first-order valence-electron chi connectivity index (χ1n) is 7.56. The molecule has 0 spiro atoms. The molecule has 1 aliphatic heterocycles. The third-order valence-electron chi connectivity index (χ3n) is 3.72. The van der Waals surface area contributed by atoms with Gasteiger partial charge in [-0.05, 0) is 30.3 Å². The van der Waals surface area contributed by atoms with Crippen LogP contribution in [0.25, 0.3) is 0 Å². The first-order valence-corrected chi connectivity index (χ1v) is 7.94. The highest BCUT2D eigenvalue weighted by Crippen LogP contribution is 2.30. The van der Waals surface area contributed by atoms with E-state index in [1.807, 2.05) is 0 Å². The first-order chi connectivity index (χ1) is 12.1. The molecule has 0 radical (unpaired) electrons. The molecule has 0 unspecified atom stereocenters. The van der Waals surface area contributed by atoms with Crippen LogP contribution >= 0.6 is 11.6 Å². The number of hydrogen-bond donors (Lipinski definition) is 0. The van der Waals surface area contributed by atoms with Gasteiger partial charge in [0.1, 0.15) is 23.9 Å². The Bertz CT molecular complexity index is 793. The largest absolute Gasteiger partial charge is 0.496 e.